The van der Waals surface area contributed by atoms with Gasteiger partial charge in [0.05, 0.1) is 15.5 Å². The fourth-order valence-electron chi connectivity index (χ4n) is 3.85. The summed E-state index contributed by atoms with van der Waals surface area (Å²) in [5.74, 6) is -3.72. The molecular formula is C25H15F3N3O4S2-. The molecule has 3 heterocycles. The van der Waals surface area contributed by atoms with Crippen LogP contribution in [0.3, 0.4) is 0 Å². The van der Waals surface area contributed by atoms with Gasteiger partial charge in [0.15, 0.2) is 5.82 Å². The molecule has 0 aliphatic heterocycles. The molecule has 7 nitrogen and oxygen atoms in total. The Labute approximate surface area is 213 Å². The smallest absolute Gasteiger partial charge is 0.255 e. The first-order chi connectivity index (χ1) is 17.7. The molecule has 3 N–H and O–H groups in total. The van der Waals surface area contributed by atoms with E-state index in [0.717, 1.165) is 35.6 Å². The van der Waals surface area contributed by atoms with Crippen molar-refractivity contribution >= 4 is 45.0 Å². The summed E-state index contributed by atoms with van der Waals surface area (Å²) >= 11 is -1.38. The zero-order valence-corrected chi connectivity index (χ0v) is 20.1. The van der Waals surface area contributed by atoms with E-state index in [9.17, 15) is 27.4 Å². The van der Waals surface area contributed by atoms with Gasteiger partial charge in [0, 0.05) is 39.3 Å². The van der Waals surface area contributed by atoms with E-state index in [1.807, 2.05) is 0 Å². The van der Waals surface area contributed by atoms with Crippen LogP contribution in [-0.2, 0) is 11.1 Å². The zero-order chi connectivity index (χ0) is 26.3. The second-order valence-electron chi connectivity index (χ2n) is 7.91. The molecule has 0 radical (unpaired) electrons. The fraction of sp³-hybridized carbons (Fsp3) is 0.0400. The minimum atomic E-state index is -2.39. The molecule has 0 saturated carbocycles. The first-order valence-electron chi connectivity index (χ1n) is 10.6. The molecule has 1 amide bonds. The summed E-state index contributed by atoms with van der Waals surface area (Å²) in [4.78, 5) is 20.1. The average molecular weight is 543 g/mol. The zero-order valence-electron chi connectivity index (χ0n) is 18.5. The van der Waals surface area contributed by atoms with Crippen molar-refractivity contribution in [2.24, 2.45) is 0 Å². The third-order valence-electron chi connectivity index (χ3n) is 5.62. The molecule has 2 aromatic carbocycles. The maximum absolute atomic E-state index is 15.4. The number of nitrogens with zero attached hydrogens (tertiary/aromatic N) is 1. The van der Waals surface area contributed by atoms with Gasteiger partial charge in [0.2, 0.25) is 0 Å². The van der Waals surface area contributed by atoms with Crippen LogP contribution in [0, 0.1) is 17.5 Å². The summed E-state index contributed by atoms with van der Waals surface area (Å²) in [6.07, 6.45) is 1.07. The van der Waals surface area contributed by atoms with E-state index in [1.54, 1.807) is 12.1 Å². The van der Waals surface area contributed by atoms with Crippen molar-refractivity contribution in [3.05, 3.63) is 101 Å². The third kappa shape index (κ3) is 4.79. The van der Waals surface area contributed by atoms with Gasteiger partial charge in [-0.1, -0.05) is 6.07 Å². The molecule has 5 rings (SSSR count). The summed E-state index contributed by atoms with van der Waals surface area (Å²) in [7, 11) is 0. The van der Waals surface area contributed by atoms with E-state index in [4.69, 9.17) is 0 Å². The predicted octanol–water partition coefficient (Wildman–Crippen LogP) is 5.28. The highest BCUT2D eigenvalue weighted by atomic mass is 32.2. The van der Waals surface area contributed by atoms with E-state index in [-0.39, 0.29) is 15.3 Å². The number of carbonyl (C=O) groups excluding carboxylic acids is 1. The first-order valence-corrected chi connectivity index (χ1v) is 12.5. The van der Waals surface area contributed by atoms with Gasteiger partial charge < -0.3 is 20.0 Å². The number of halogens is 3. The van der Waals surface area contributed by atoms with E-state index >= 15 is 4.39 Å². The second-order valence-corrected chi connectivity index (χ2v) is 10.2. The molecular weight excluding hydrogens is 527 g/mol. The van der Waals surface area contributed by atoms with Gasteiger partial charge in [-0.25, -0.2) is 18.2 Å². The number of anilines is 1. The van der Waals surface area contributed by atoms with Crippen LogP contribution in [0.2, 0.25) is 0 Å². The minimum Gasteiger partial charge on any atom is -0.768 e. The molecule has 37 heavy (non-hydrogen) atoms. The number of amides is 1. The number of aromatic nitrogens is 2. The maximum Gasteiger partial charge on any atom is 0.255 e. The number of pyridine rings is 1. The van der Waals surface area contributed by atoms with Gasteiger partial charge in [-0.2, -0.15) is 0 Å². The standard InChI is InChI=1S/C25H16F3N3O4S2/c26-14-3-1-2-12(8-14)25(33)31-18-5-4-17(27)21(22(18)28)23(32)16-11-30-24-15(16)9-13(10-29-24)19-6-7-20(36-19)37(34)35/h1-11,23,32H,(H,29,30)(H,31,33)(H,34,35)/p-1. The average Bonchev–Trinajstić information content (AvgIpc) is 3.53. The summed E-state index contributed by atoms with van der Waals surface area (Å²) < 4.78 is 66.2. The van der Waals surface area contributed by atoms with Crippen molar-refractivity contribution in [2.45, 2.75) is 10.3 Å². The number of hydrogen-bond donors (Lipinski definition) is 3. The van der Waals surface area contributed by atoms with Crippen LogP contribution in [0.1, 0.15) is 27.6 Å². The fourth-order valence-corrected chi connectivity index (χ4v) is 5.28. The number of rotatable bonds is 6. The number of carbonyl (C=O) groups is 1. The van der Waals surface area contributed by atoms with Crippen molar-refractivity contribution in [1.29, 1.82) is 0 Å². The first kappa shape index (κ1) is 24.8. The molecule has 2 atom stereocenters. The Bertz CT molecular complexity index is 1690. The lowest BCUT2D eigenvalue weighted by atomic mass is 9.99. The molecule has 0 fully saturated rings. The van der Waals surface area contributed by atoms with Crippen molar-refractivity contribution in [3.8, 4) is 10.4 Å². The highest BCUT2D eigenvalue weighted by molar-refractivity contribution is 7.81. The summed E-state index contributed by atoms with van der Waals surface area (Å²) in [6.45, 7) is 0. The summed E-state index contributed by atoms with van der Waals surface area (Å²) in [6, 6.07) is 11.3. The van der Waals surface area contributed by atoms with E-state index in [0.29, 0.717) is 21.5 Å². The van der Waals surface area contributed by atoms with Crippen LogP contribution < -0.4 is 5.32 Å². The van der Waals surface area contributed by atoms with Gasteiger partial charge in [-0.15, -0.1) is 11.3 Å². The summed E-state index contributed by atoms with van der Waals surface area (Å²) in [5, 5.41) is 13.7. The van der Waals surface area contributed by atoms with E-state index in [2.05, 4.69) is 15.3 Å². The molecule has 0 aliphatic rings. The second kappa shape index (κ2) is 9.90. The van der Waals surface area contributed by atoms with Crippen LogP contribution in [0.15, 0.2) is 71.2 Å². The van der Waals surface area contributed by atoms with Gasteiger partial charge >= 0.3 is 0 Å². The molecule has 0 aliphatic carbocycles. The maximum atomic E-state index is 15.4. The number of aliphatic hydroxyl groups is 1. The number of hydrogen-bond acceptors (Lipinski definition) is 6. The number of aromatic amines is 1. The Morgan fingerprint density at radius 3 is 2.68 bits per heavy atom. The minimum absolute atomic E-state index is 0.0707. The van der Waals surface area contributed by atoms with Crippen LogP contribution in [0.5, 0.6) is 0 Å². The number of H-pyrrole nitrogens is 1. The number of fused-ring (bicyclic) bond motifs is 1. The van der Waals surface area contributed by atoms with E-state index < -0.39 is 51.8 Å². The Morgan fingerprint density at radius 2 is 1.95 bits per heavy atom. The third-order valence-corrected chi connectivity index (χ3v) is 7.67. The Hall–Kier alpha value is -3.84. The number of aliphatic hydroxyl groups excluding tert-OH is 1. The lowest BCUT2D eigenvalue weighted by Gasteiger charge is -2.16. The van der Waals surface area contributed by atoms with Gasteiger partial charge in [0.25, 0.3) is 5.91 Å². The van der Waals surface area contributed by atoms with Crippen LogP contribution in [0.4, 0.5) is 18.9 Å². The Kier molecular flexibility index (Phi) is 6.65. The largest absolute Gasteiger partial charge is 0.768 e. The molecule has 0 spiro atoms. The van der Waals surface area contributed by atoms with Crippen LogP contribution in [-0.4, -0.2) is 29.7 Å². The SMILES string of the molecule is O=C(Nc1ccc(F)c(C(O)c2c[nH]c3ncc(-c4ccc(S(=O)[O-])s4)cc23)c1F)c1cccc(F)c1. The van der Waals surface area contributed by atoms with Crippen LogP contribution in [0.25, 0.3) is 21.5 Å². The number of nitrogens with one attached hydrogen (secondary N) is 2. The van der Waals surface area contributed by atoms with Crippen molar-refractivity contribution < 1.29 is 31.8 Å². The molecule has 2 unspecified atom stereocenters. The van der Waals surface area contributed by atoms with Crippen molar-refractivity contribution in [3.63, 3.8) is 0 Å². The monoisotopic (exact) mass is 542 g/mol. The van der Waals surface area contributed by atoms with Crippen molar-refractivity contribution in [2.75, 3.05) is 5.32 Å². The Balaban J connectivity index is 1.51. The molecule has 5 aromatic rings. The van der Waals surface area contributed by atoms with Gasteiger partial charge in [-0.05, 0) is 59.6 Å². The normalized spacial score (nSPS) is 13.0. The lowest BCUT2D eigenvalue weighted by molar-refractivity contribution is 0.102. The number of benzene rings is 2. The molecule has 3 aromatic heterocycles. The molecule has 12 heteroatoms. The molecule has 0 saturated heterocycles. The van der Waals surface area contributed by atoms with E-state index in [1.165, 1.54) is 30.6 Å². The topological polar surface area (TPSA) is 118 Å². The molecule has 188 valence electrons. The Morgan fingerprint density at radius 1 is 1.14 bits per heavy atom. The quantitative estimate of drug-likeness (QED) is 0.252. The molecule has 0 bridgehead atoms. The summed E-state index contributed by atoms with van der Waals surface area (Å²) in [5.41, 5.74) is -0.195. The van der Waals surface area contributed by atoms with Crippen LogP contribution >= 0.6 is 11.3 Å². The highest BCUT2D eigenvalue weighted by Crippen LogP contribution is 2.36. The number of thiophene rings is 1. The van der Waals surface area contributed by atoms with Crippen molar-refractivity contribution in [1.82, 2.24) is 9.97 Å². The highest BCUT2D eigenvalue weighted by Gasteiger charge is 2.26. The predicted molar refractivity (Wildman–Crippen MR) is 131 cm³/mol. The lowest BCUT2D eigenvalue weighted by Crippen LogP contribution is -2.15. The van der Waals surface area contributed by atoms with Gasteiger partial charge in [0.1, 0.15) is 23.4 Å². The van der Waals surface area contributed by atoms with Gasteiger partial charge in [-0.3, -0.25) is 9.00 Å².